The topological polar surface area (TPSA) is 64.2 Å². The molecule has 1 atom stereocenters. The van der Waals surface area contributed by atoms with Crippen LogP contribution in [-0.4, -0.2) is 38.2 Å². The summed E-state index contributed by atoms with van der Waals surface area (Å²) in [5, 5.41) is 6.78. The Balaban J connectivity index is 1.51. The van der Waals surface area contributed by atoms with Gasteiger partial charge in [0.05, 0.1) is 18.8 Å². The summed E-state index contributed by atoms with van der Waals surface area (Å²) in [6.45, 7) is 1.51. The van der Waals surface area contributed by atoms with Crippen LogP contribution in [0.2, 0.25) is 0 Å². The van der Waals surface area contributed by atoms with Crippen LogP contribution in [0.25, 0.3) is 10.8 Å². The van der Waals surface area contributed by atoms with E-state index in [-0.39, 0.29) is 11.9 Å². The molecule has 1 amide bonds. The fraction of sp³-hybridized carbons (Fsp3) is 0.312. The van der Waals surface area contributed by atoms with E-state index in [9.17, 15) is 4.79 Å². The molecule has 0 bridgehead atoms. The molecule has 1 unspecified atom stereocenters. The van der Waals surface area contributed by atoms with Crippen molar-refractivity contribution in [2.24, 2.45) is 0 Å². The second-order valence-corrected chi connectivity index (χ2v) is 6.40. The number of carbonyl (C=O) groups is 1. The van der Waals surface area contributed by atoms with Gasteiger partial charge < -0.3 is 9.32 Å². The molecule has 0 spiro atoms. The molecule has 4 heterocycles. The van der Waals surface area contributed by atoms with Crippen molar-refractivity contribution in [3.8, 4) is 10.8 Å². The summed E-state index contributed by atoms with van der Waals surface area (Å²) in [7, 11) is 0. The Morgan fingerprint density at radius 2 is 2.39 bits per heavy atom. The number of thiazole rings is 1. The molecular weight excluding hydrogens is 312 g/mol. The van der Waals surface area contributed by atoms with Crippen molar-refractivity contribution in [3.05, 3.63) is 47.9 Å². The lowest BCUT2D eigenvalue weighted by Gasteiger charge is -2.23. The lowest BCUT2D eigenvalue weighted by molar-refractivity contribution is 0.0716. The summed E-state index contributed by atoms with van der Waals surface area (Å²) >= 11 is 1.43. The molecule has 3 aromatic heterocycles. The van der Waals surface area contributed by atoms with Gasteiger partial charge in [0.1, 0.15) is 5.69 Å². The van der Waals surface area contributed by atoms with Crippen LogP contribution in [0.15, 0.2) is 46.7 Å². The van der Waals surface area contributed by atoms with Crippen molar-refractivity contribution in [1.29, 1.82) is 0 Å². The van der Waals surface area contributed by atoms with E-state index in [0.29, 0.717) is 11.5 Å². The first-order chi connectivity index (χ1) is 11.3. The molecule has 1 aliphatic heterocycles. The van der Waals surface area contributed by atoms with Crippen LogP contribution >= 0.6 is 11.3 Å². The number of furan rings is 1. The van der Waals surface area contributed by atoms with Crippen molar-refractivity contribution in [2.75, 3.05) is 6.54 Å². The zero-order valence-electron chi connectivity index (χ0n) is 12.5. The van der Waals surface area contributed by atoms with Gasteiger partial charge in [0.15, 0.2) is 10.8 Å². The summed E-state index contributed by atoms with van der Waals surface area (Å²) in [6, 6.07) is 5.75. The van der Waals surface area contributed by atoms with Crippen LogP contribution in [0.4, 0.5) is 0 Å². The predicted octanol–water partition coefficient (Wildman–Crippen LogP) is 2.90. The minimum absolute atomic E-state index is 0.00582. The summed E-state index contributed by atoms with van der Waals surface area (Å²) in [5.74, 6) is 0.692. The predicted molar refractivity (Wildman–Crippen MR) is 86.1 cm³/mol. The molecule has 23 heavy (non-hydrogen) atoms. The molecule has 6 nitrogen and oxygen atoms in total. The Kier molecular flexibility index (Phi) is 3.70. The largest absolute Gasteiger partial charge is 0.462 e. The molecule has 1 aliphatic rings. The first kappa shape index (κ1) is 14.2. The number of nitrogens with zero attached hydrogens (tertiary/aromatic N) is 4. The highest BCUT2D eigenvalue weighted by atomic mass is 32.1. The van der Waals surface area contributed by atoms with Gasteiger partial charge in [-0.3, -0.25) is 9.48 Å². The fourth-order valence-corrected chi connectivity index (χ4v) is 3.71. The molecule has 0 aromatic carbocycles. The number of hydrogen-bond acceptors (Lipinski definition) is 5. The van der Waals surface area contributed by atoms with E-state index in [1.165, 1.54) is 11.3 Å². The second kappa shape index (κ2) is 6.00. The lowest BCUT2D eigenvalue weighted by atomic mass is 10.2. The third-order valence-corrected chi connectivity index (χ3v) is 4.91. The maximum absolute atomic E-state index is 12.8. The Morgan fingerprint density at radius 3 is 3.17 bits per heavy atom. The van der Waals surface area contributed by atoms with Gasteiger partial charge in [-0.1, -0.05) is 0 Å². The quantitative estimate of drug-likeness (QED) is 0.739. The van der Waals surface area contributed by atoms with E-state index in [4.69, 9.17) is 4.42 Å². The molecule has 4 rings (SSSR count). The van der Waals surface area contributed by atoms with E-state index in [0.717, 1.165) is 30.9 Å². The van der Waals surface area contributed by atoms with Crippen LogP contribution in [0, 0.1) is 0 Å². The van der Waals surface area contributed by atoms with E-state index in [2.05, 4.69) is 10.1 Å². The van der Waals surface area contributed by atoms with Crippen molar-refractivity contribution >= 4 is 17.2 Å². The van der Waals surface area contributed by atoms with Gasteiger partial charge in [0.2, 0.25) is 0 Å². The average Bonchev–Trinajstić information content (AvgIpc) is 3.33. The molecular formula is C16H16N4O2S. The van der Waals surface area contributed by atoms with Gasteiger partial charge in [0, 0.05) is 24.3 Å². The lowest BCUT2D eigenvalue weighted by Crippen LogP contribution is -2.38. The van der Waals surface area contributed by atoms with Gasteiger partial charge in [0.25, 0.3) is 5.91 Å². The van der Waals surface area contributed by atoms with E-state index < -0.39 is 0 Å². The smallest absolute Gasteiger partial charge is 0.273 e. The Morgan fingerprint density at radius 1 is 1.43 bits per heavy atom. The molecule has 7 heteroatoms. The summed E-state index contributed by atoms with van der Waals surface area (Å²) < 4.78 is 7.22. The molecule has 1 fully saturated rings. The fourth-order valence-electron chi connectivity index (χ4n) is 2.95. The number of likely N-dealkylation sites (tertiary alicyclic amines) is 1. The van der Waals surface area contributed by atoms with Crippen molar-refractivity contribution in [3.63, 3.8) is 0 Å². The molecule has 0 aliphatic carbocycles. The molecule has 0 saturated carbocycles. The minimum atomic E-state index is -0.00582. The SMILES string of the molecule is O=C(c1csc(-c2ccco2)n1)N1CCCC1Cn1cccn1. The molecule has 118 valence electrons. The molecule has 1 saturated heterocycles. The van der Waals surface area contributed by atoms with Gasteiger partial charge in [-0.2, -0.15) is 5.10 Å². The van der Waals surface area contributed by atoms with E-state index in [1.807, 2.05) is 39.4 Å². The average molecular weight is 328 g/mol. The van der Waals surface area contributed by atoms with Crippen LogP contribution < -0.4 is 0 Å². The number of amides is 1. The van der Waals surface area contributed by atoms with Gasteiger partial charge in [-0.25, -0.2) is 4.98 Å². The minimum Gasteiger partial charge on any atom is -0.462 e. The summed E-state index contributed by atoms with van der Waals surface area (Å²) in [5.41, 5.74) is 0.494. The summed E-state index contributed by atoms with van der Waals surface area (Å²) in [6.07, 6.45) is 7.32. The zero-order valence-corrected chi connectivity index (χ0v) is 13.3. The van der Waals surface area contributed by atoms with Crippen molar-refractivity contribution in [2.45, 2.75) is 25.4 Å². The maximum atomic E-state index is 12.8. The monoisotopic (exact) mass is 328 g/mol. The third kappa shape index (κ3) is 2.79. The molecule has 0 N–H and O–H groups in total. The van der Waals surface area contributed by atoms with E-state index >= 15 is 0 Å². The summed E-state index contributed by atoms with van der Waals surface area (Å²) in [4.78, 5) is 19.1. The number of carbonyl (C=O) groups excluding carboxylic acids is 1. The highest BCUT2D eigenvalue weighted by molar-refractivity contribution is 7.13. The van der Waals surface area contributed by atoms with Gasteiger partial charge in [-0.15, -0.1) is 11.3 Å². The first-order valence-corrected chi connectivity index (χ1v) is 8.47. The Hall–Kier alpha value is -2.41. The zero-order chi connectivity index (χ0) is 15.6. The number of hydrogen-bond donors (Lipinski definition) is 0. The van der Waals surface area contributed by atoms with Crippen LogP contribution in [0.5, 0.6) is 0 Å². The normalized spacial score (nSPS) is 17.7. The molecule has 3 aromatic rings. The number of rotatable bonds is 4. The molecule has 0 radical (unpaired) electrons. The van der Waals surface area contributed by atoms with Gasteiger partial charge >= 0.3 is 0 Å². The highest BCUT2D eigenvalue weighted by Crippen LogP contribution is 2.26. The maximum Gasteiger partial charge on any atom is 0.273 e. The second-order valence-electron chi connectivity index (χ2n) is 5.54. The van der Waals surface area contributed by atoms with Crippen molar-refractivity contribution < 1.29 is 9.21 Å². The van der Waals surface area contributed by atoms with Crippen LogP contribution in [0.1, 0.15) is 23.3 Å². The standard InChI is InChI=1S/C16H16N4O2S/c21-16(13-11-23-15(18-13)14-5-2-9-22-14)20-8-1-4-12(20)10-19-7-3-6-17-19/h2-3,5-7,9,11-12H,1,4,8,10H2. The van der Waals surface area contributed by atoms with E-state index in [1.54, 1.807) is 12.5 Å². The number of aromatic nitrogens is 3. The van der Waals surface area contributed by atoms with Gasteiger partial charge in [-0.05, 0) is 31.0 Å². The Bertz CT molecular complexity index is 779. The highest BCUT2D eigenvalue weighted by Gasteiger charge is 2.31. The first-order valence-electron chi connectivity index (χ1n) is 7.59. The third-order valence-electron chi connectivity index (χ3n) is 4.05. The Labute approximate surface area is 137 Å². The van der Waals surface area contributed by atoms with Crippen LogP contribution in [-0.2, 0) is 6.54 Å². The van der Waals surface area contributed by atoms with Crippen LogP contribution in [0.3, 0.4) is 0 Å². The van der Waals surface area contributed by atoms with Crippen molar-refractivity contribution in [1.82, 2.24) is 19.7 Å².